The number of aromatic nitrogens is 1. The van der Waals surface area contributed by atoms with Crippen molar-refractivity contribution in [1.29, 1.82) is 0 Å². The Bertz CT molecular complexity index is 993. The van der Waals surface area contributed by atoms with Gasteiger partial charge in [0.2, 0.25) is 0 Å². The summed E-state index contributed by atoms with van der Waals surface area (Å²) in [5.74, 6) is 0.580. The Morgan fingerprint density at radius 1 is 1.06 bits per heavy atom. The number of amides is 1. The zero-order valence-corrected chi connectivity index (χ0v) is 17.9. The largest absolute Gasteiger partial charge is 0.489 e. The van der Waals surface area contributed by atoms with Gasteiger partial charge < -0.3 is 19.3 Å². The topological polar surface area (TPSA) is 90.7 Å². The molecule has 3 rings (SSSR count). The number of esters is 1. The SMILES string of the molecule is Cc1noc(C)c1COc1ccc(C(=O)OCC(=O)NC[C@@H](C)c2ccccc2)cc1. The molecule has 0 aliphatic carbocycles. The van der Waals surface area contributed by atoms with Crippen molar-refractivity contribution in [2.75, 3.05) is 13.2 Å². The van der Waals surface area contributed by atoms with E-state index in [4.69, 9.17) is 14.0 Å². The van der Waals surface area contributed by atoms with Crippen LogP contribution in [0.5, 0.6) is 5.75 Å². The smallest absolute Gasteiger partial charge is 0.338 e. The van der Waals surface area contributed by atoms with E-state index in [9.17, 15) is 9.59 Å². The van der Waals surface area contributed by atoms with Gasteiger partial charge >= 0.3 is 5.97 Å². The van der Waals surface area contributed by atoms with Gasteiger partial charge in [-0.1, -0.05) is 42.4 Å². The summed E-state index contributed by atoms with van der Waals surface area (Å²) in [4.78, 5) is 24.2. The Hall–Kier alpha value is -3.61. The Morgan fingerprint density at radius 2 is 1.77 bits per heavy atom. The summed E-state index contributed by atoms with van der Waals surface area (Å²) in [5, 5.41) is 6.68. The fourth-order valence-electron chi connectivity index (χ4n) is 2.98. The number of rotatable bonds is 9. The van der Waals surface area contributed by atoms with Crippen LogP contribution in [0.25, 0.3) is 0 Å². The van der Waals surface area contributed by atoms with Crippen molar-refractivity contribution < 1.29 is 23.6 Å². The number of ether oxygens (including phenoxy) is 2. The molecule has 7 heteroatoms. The highest BCUT2D eigenvalue weighted by Crippen LogP contribution is 2.18. The van der Waals surface area contributed by atoms with Crippen LogP contribution in [-0.2, 0) is 16.1 Å². The van der Waals surface area contributed by atoms with Gasteiger partial charge in [-0.05, 0) is 49.6 Å². The van der Waals surface area contributed by atoms with Gasteiger partial charge in [0.1, 0.15) is 18.1 Å². The lowest BCUT2D eigenvalue weighted by Gasteiger charge is -2.13. The molecule has 3 aromatic rings. The third kappa shape index (κ3) is 6.18. The standard InChI is InChI=1S/C24H26N2O5/c1-16(19-7-5-4-6-8-19)13-25-23(27)15-30-24(28)20-9-11-21(12-10-20)29-14-22-17(2)26-31-18(22)3/h4-12,16H,13-15H2,1-3H3,(H,25,27)/t16-/m1/s1. The molecule has 0 saturated heterocycles. The van der Waals surface area contributed by atoms with E-state index < -0.39 is 5.97 Å². The molecule has 1 amide bonds. The minimum Gasteiger partial charge on any atom is -0.489 e. The first kappa shape index (κ1) is 22.1. The van der Waals surface area contributed by atoms with Crippen molar-refractivity contribution in [3.05, 3.63) is 82.7 Å². The number of nitrogens with zero attached hydrogens (tertiary/aromatic N) is 1. The number of hydrogen-bond acceptors (Lipinski definition) is 6. The molecule has 0 aliphatic rings. The lowest BCUT2D eigenvalue weighted by Crippen LogP contribution is -2.31. The predicted octanol–water partition coefficient (Wildman–Crippen LogP) is 3.95. The molecule has 0 saturated carbocycles. The van der Waals surface area contributed by atoms with Crippen molar-refractivity contribution >= 4 is 11.9 Å². The molecule has 0 aliphatic heterocycles. The summed E-state index contributed by atoms with van der Waals surface area (Å²) in [6.07, 6.45) is 0. The number of benzene rings is 2. The molecule has 0 radical (unpaired) electrons. The van der Waals surface area contributed by atoms with Gasteiger partial charge in [-0.3, -0.25) is 4.79 Å². The molecule has 162 valence electrons. The maximum atomic E-state index is 12.2. The van der Waals surface area contributed by atoms with Gasteiger partial charge in [-0.15, -0.1) is 0 Å². The third-order valence-electron chi connectivity index (χ3n) is 4.96. The average Bonchev–Trinajstić information content (AvgIpc) is 3.12. The molecule has 1 N–H and O–H groups in total. The van der Waals surface area contributed by atoms with Crippen LogP contribution in [-0.4, -0.2) is 30.2 Å². The van der Waals surface area contributed by atoms with Crippen molar-refractivity contribution in [3.8, 4) is 5.75 Å². The van der Waals surface area contributed by atoms with Gasteiger partial charge in [0, 0.05) is 6.54 Å². The van der Waals surface area contributed by atoms with Crippen LogP contribution in [0.3, 0.4) is 0 Å². The summed E-state index contributed by atoms with van der Waals surface area (Å²) in [6, 6.07) is 16.4. The van der Waals surface area contributed by atoms with Gasteiger partial charge in [0.05, 0.1) is 16.8 Å². The summed E-state index contributed by atoms with van der Waals surface area (Å²) in [6.45, 7) is 6.18. The fraction of sp³-hybridized carbons (Fsp3) is 0.292. The van der Waals surface area contributed by atoms with Gasteiger partial charge in [0.25, 0.3) is 5.91 Å². The van der Waals surface area contributed by atoms with Gasteiger partial charge in [-0.2, -0.15) is 0 Å². The van der Waals surface area contributed by atoms with Crippen molar-refractivity contribution in [2.24, 2.45) is 0 Å². The third-order valence-corrected chi connectivity index (χ3v) is 4.96. The van der Waals surface area contributed by atoms with Crippen LogP contribution in [0.4, 0.5) is 0 Å². The molecule has 1 heterocycles. The minimum atomic E-state index is -0.566. The number of carbonyl (C=O) groups is 2. The molecule has 0 fully saturated rings. The fourth-order valence-corrected chi connectivity index (χ4v) is 2.98. The Labute approximate surface area is 181 Å². The number of carbonyl (C=O) groups excluding carboxylic acids is 2. The van der Waals surface area contributed by atoms with Crippen LogP contribution in [0.15, 0.2) is 59.1 Å². The quantitative estimate of drug-likeness (QED) is 0.525. The number of hydrogen-bond donors (Lipinski definition) is 1. The zero-order valence-electron chi connectivity index (χ0n) is 17.9. The molecule has 1 atom stereocenters. The molecule has 2 aromatic carbocycles. The van der Waals surface area contributed by atoms with Gasteiger partial charge in [0.15, 0.2) is 6.61 Å². The van der Waals surface area contributed by atoms with Crippen LogP contribution in [0, 0.1) is 13.8 Å². The highest BCUT2D eigenvalue weighted by molar-refractivity contribution is 5.91. The highest BCUT2D eigenvalue weighted by Gasteiger charge is 2.13. The van der Waals surface area contributed by atoms with Crippen molar-refractivity contribution in [3.63, 3.8) is 0 Å². The zero-order chi connectivity index (χ0) is 22.2. The second kappa shape index (κ2) is 10.4. The Morgan fingerprint density at radius 3 is 2.42 bits per heavy atom. The first-order valence-electron chi connectivity index (χ1n) is 10.1. The summed E-state index contributed by atoms with van der Waals surface area (Å²) < 4.78 is 15.9. The molecular weight excluding hydrogens is 396 g/mol. The number of nitrogens with one attached hydrogen (secondary N) is 1. The molecule has 0 spiro atoms. The van der Waals surface area contributed by atoms with Gasteiger partial charge in [-0.25, -0.2) is 4.79 Å². The van der Waals surface area contributed by atoms with Crippen LogP contribution < -0.4 is 10.1 Å². The van der Waals surface area contributed by atoms with E-state index in [-0.39, 0.29) is 18.4 Å². The minimum absolute atomic E-state index is 0.166. The second-order valence-corrected chi connectivity index (χ2v) is 7.31. The normalized spacial score (nSPS) is 11.6. The monoisotopic (exact) mass is 422 g/mol. The van der Waals surface area contributed by atoms with E-state index in [1.165, 1.54) is 0 Å². The summed E-state index contributed by atoms with van der Waals surface area (Å²) in [7, 11) is 0. The highest BCUT2D eigenvalue weighted by atomic mass is 16.5. The van der Waals surface area contributed by atoms with E-state index in [1.54, 1.807) is 24.3 Å². The van der Waals surface area contributed by atoms with Crippen molar-refractivity contribution in [2.45, 2.75) is 33.3 Å². The Balaban J connectivity index is 1.42. The summed E-state index contributed by atoms with van der Waals surface area (Å²) in [5.41, 5.74) is 3.16. The second-order valence-electron chi connectivity index (χ2n) is 7.31. The van der Waals surface area contributed by atoms with Crippen molar-refractivity contribution in [1.82, 2.24) is 10.5 Å². The Kier molecular flexibility index (Phi) is 7.43. The average molecular weight is 422 g/mol. The molecule has 7 nitrogen and oxygen atoms in total. The molecule has 1 aromatic heterocycles. The van der Waals surface area contributed by atoms with Crippen LogP contribution in [0.2, 0.25) is 0 Å². The maximum Gasteiger partial charge on any atom is 0.338 e. The first-order chi connectivity index (χ1) is 14.9. The maximum absolute atomic E-state index is 12.2. The van der Waals surface area contributed by atoms with E-state index in [0.29, 0.717) is 30.2 Å². The van der Waals surface area contributed by atoms with Crippen LogP contribution in [0.1, 0.15) is 45.8 Å². The molecular formula is C24H26N2O5. The van der Waals surface area contributed by atoms with Crippen LogP contribution >= 0.6 is 0 Å². The van der Waals surface area contributed by atoms with E-state index in [1.807, 2.05) is 51.1 Å². The molecule has 0 bridgehead atoms. The predicted molar refractivity (Wildman–Crippen MR) is 115 cm³/mol. The van der Waals surface area contributed by atoms with E-state index in [0.717, 1.165) is 16.8 Å². The lowest BCUT2D eigenvalue weighted by molar-refractivity contribution is -0.124. The number of aryl methyl sites for hydroxylation is 2. The molecule has 31 heavy (non-hydrogen) atoms. The van der Waals surface area contributed by atoms with E-state index >= 15 is 0 Å². The molecule has 0 unspecified atom stereocenters. The first-order valence-corrected chi connectivity index (χ1v) is 10.1. The lowest BCUT2D eigenvalue weighted by atomic mass is 10.0. The summed E-state index contributed by atoms with van der Waals surface area (Å²) >= 11 is 0. The van der Waals surface area contributed by atoms with E-state index in [2.05, 4.69) is 10.5 Å².